The molecule has 2 rings (SSSR count). The van der Waals surface area contributed by atoms with Crippen LogP contribution in [0.25, 0.3) is 9.65 Å². The van der Waals surface area contributed by atoms with E-state index in [1.54, 1.807) is 0 Å². The Hall–Kier alpha value is -0.761. The molecule has 0 saturated carbocycles. The molecule has 0 bridgehead atoms. The minimum atomic E-state index is -0.292. The van der Waals surface area contributed by atoms with Crippen LogP contribution in [-0.4, -0.2) is 20.5 Å². The van der Waals surface area contributed by atoms with Crippen molar-refractivity contribution in [2.24, 2.45) is 0 Å². The molecule has 0 unspecified atom stereocenters. The number of hydrogen-bond acceptors (Lipinski definition) is 2. The number of carbonyl (C=O) groups is 1. The molecule has 0 fully saturated rings. The third-order valence-corrected chi connectivity index (χ3v) is 3.96. The van der Waals surface area contributed by atoms with Crippen molar-refractivity contribution in [1.29, 1.82) is 0 Å². The molecule has 0 amide bonds. The summed E-state index contributed by atoms with van der Waals surface area (Å²) in [5.74, 6) is 0.356. The molecule has 2 nitrogen and oxygen atoms in total. The summed E-state index contributed by atoms with van der Waals surface area (Å²) in [7, 11) is 0. The second-order valence-corrected chi connectivity index (χ2v) is 5.18. The summed E-state index contributed by atoms with van der Waals surface area (Å²) >= 11 is 6.12. The van der Waals surface area contributed by atoms with Crippen molar-refractivity contribution in [3.63, 3.8) is 0 Å². The molecule has 0 saturated heterocycles. The van der Waals surface area contributed by atoms with Crippen molar-refractivity contribution in [2.75, 3.05) is 0 Å². The SMILES string of the molecule is CC(=O)Oc1c[se]c2ccc(Cl)cc12. The fraction of sp³-hybridized carbons (Fsp3) is 0.100. The van der Waals surface area contributed by atoms with Gasteiger partial charge in [-0.1, -0.05) is 0 Å². The first-order valence-corrected chi connectivity index (χ1v) is 6.24. The fourth-order valence-electron chi connectivity index (χ4n) is 1.21. The zero-order chi connectivity index (χ0) is 10.1. The van der Waals surface area contributed by atoms with Gasteiger partial charge in [0.2, 0.25) is 0 Å². The Morgan fingerprint density at radius 3 is 3.00 bits per heavy atom. The topological polar surface area (TPSA) is 26.3 Å². The number of fused-ring (bicyclic) bond motifs is 1. The molecule has 0 aliphatic heterocycles. The van der Waals surface area contributed by atoms with Crippen molar-refractivity contribution in [3.05, 3.63) is 28.2 Å². The zero-order valence-corrected chi connectivity index (χ0v) is 9.88. The molecule has 1 aromatic heterocycles. The number of rotatable bonds is 1. The van der Waals surface area contributed by atoms with Gasteiger partial charge in [-0.25, -0.2) is 0 Å². The van der Waals surface area contributed by atoms with Gasteiger partial charge in [-0.3, -0.25) is 0 Å². The van der Waals surface area contributed by atoms with Gasteiger partial charge in [0.05, 0.1) is 0 Å². The van der Waals surface area contributed by atoms with Crippen LogP contribution >= 0.6 is 11.6 Å². The van der Waals surface area contributed by atoms with Gasteiger partial charge >= 0.3 is 92.1 Å². The summed E-state index contributed by atoms with van der Waals surface area (Å²) in [4.78, 5) is 12.8. The van der Waals surface area contributed by atoms with Crippen LogP contribution in [0.4, 0.5) is 0 Å². The Bertz CT molecular complexity index is 490. The normalized spacial score (nSPS) is 10.4. The summed E-state index contributed by atoms with van der Waals surface area (Å²) in [6.45, 7) is 1.40. The van der Waals surface area contributed by atoms with E-state index in [4.69, 9.17) is 16.3 Å². The summed E-state index contributed by atoms with van der Waals surface area (Å²) in [6.07, 6.45) is 0. The number of hydrogen-bond donors (Lipinski definition) is 0. The molecule has 4 heteroatoms. The first-order chi connectivity index (χ1) is 6.66. The van der Waals surface area contributed by atoms with Gasteiger partial charge < -0.3 is 0 Å². The van der Waals surface area contributed by atoms with E-state index < -0.39 is 0 Å². The molecule has 1 heterocycles. The van der Waals surface area contributed by atoms with Crippen molar-refractivity contribution in [2.45, 2.75) is 6.92 Å². The van der Waals surface area contributed by atoms with Crippen molar-refractivity contribution in [3.8, 4) is 5.75 Å². The van der Waals surface area contributed by atoms with E-state index >= 15 is 0 Å². The molecule has 0 spiro atoms. The van der Waals surface area contributed by atoms with Gasteiger partial charge in [-0.2, -0.15) is 0 Å². The van der Waals surface area contributed by atoms with Crippen LogP contribution in [0.2, 0.25) is 5.02 Å². The average Bonchev–Trinajstić information content (AvgIpc) is 2.47. The zero-order valence-electron chi connectivity index (χ0n) is 7.41. The van der Waals surface area contributed by atoms with Crippen LogP contribution < -0.4 is 4.74 Å². The summed E-state index contributed by atoms with van der Waals surface area (Å²) in [6, 6.07) is 5.66. The molecule has 0 aliphatic rings. The number of carbonyl (C=O) groups excluding carboxylic acids is 1. The van der Waals surface area contributed by atoms with Crippen LogP contribution in [-0.2, 0) is 4.79 Å². The summed E-state index contributed by atoms with van der Waals surface area (Å²) in [5.41, 5.74) is 0. The predicted octanol–water partition coefficient (Wildman–Crippen LogP) is 2.48. The van der Waals surface area contributed by atoms with E-state index in [-0.39, 0.29) is 20.5 Å². The Balaban J connectivity index is 2.55. The molecule has 14 heavy (non-hydrogen) atoms. The predicted molar refractivity (Wildman–Crippen MR) is 57.2 cm³/mol. The fourth-order valence-corrected chi connectivity index (χ4v) is 3.15. The number of benzene rings is 1. The van der Waals surface area contributed by atoms with Crippen LogP contribution in [0, 0.1) is 0 Å². The Morgan fingerprint density at radius 1 is 1.50 bits per heavy atom. The van der Waals surface area contributed by atoms with Crippen molar-refractivity contribution >= 4 is 41.7 Å². The second kappa shape index (κ2) is 3.77. The van der Waals surface area contributed by atoms with Gasteiger partial charge in [-0.15, -0.1) is 0 Å². The molecule has 72 valence electrons. The van der Waals surface area contributed by atoms with Gasteiger partial charge in [-0.05, 0) is 0 Å². The Kier molecular flexibility index (Phi) is 2.64. The molecule has 0 N–H and O–H groups in total. The number of esters is 1. The molecule has 0 aliphatic carbocycles. The van der Waals surface area contributed by atoms with E-state index in [1.165, 1.54) is 11.2 Å². The third kappa shape index (κ3) is 1.85. The molecular weight excluding hydrogens is 267 g/mol. The van der Waals surface area contributed by atoms with Crippen LogP contribution in [0.1, 0.15) is 6.92 Å². The molecule has 2 aromatic rings. The summed E-state index contributed by atoms with van der Waals surface area (Å²) < 4.78 is 6.28. The summed E-state index contributed by atoms with van der Waals surface area (Å²) in [5, 5.41) is 1.62. The van der Waals surface area contributed by atoms with E-state index in [9.17, 15) is 4.79 Å². The maximum atomic E-state index is 10.8. The second-order valence-electron chi connectivity index (χ2n) is 2.83. The van der Waals surface area contributed by atoms with E-state index in [0.29, 0.717) is 10.8 Å². The van der Waals surface area contributed by atoms with E-state index in [2.05, 4.69) is 0 Å². The maximum absolute atomic E-state index is 10.8. The van der Waals surface area contributed by atoms with E-state index in [0.717, 1.165) is 5.39 Å². The standard InChI is InChI=1S/C10H7ClO2Se/c1-6(12)13-9-5-14-10-3-2-7(11)4-8(9)10/h2-5H,1H3. The molecule has 0 radical (unpaired) electrons. The quantitative estimate of drug-likeness (QED) is 0.589. The van der Waals surface area contributed by atoms with Crippen LogP contribution in [0.5, 0.6) is 5.75 Å². The number of halogens is 1. The molecule has 1 aromatic carbocycles. The Morgan fingerprint density at radius 2 is 2.29 bits per heavy atom. The van der Waals surface area contributed by atoms with Crippen molar-refractivity contribution < 1.29 is 9.53 Å². The minimum absolute atomic E-state index is 0.255. The number of ether oxygens (including phenoxy) is 1. The van der Waals surface area contributed by atoms with Gasteiger partial charge in [0.25, 0.3) is 0 Å². The first-order valence-electron chi connectivity index (χ1n) is 4.02. The Labute approximate surface area is 92.2 Å². The van der Waals surface area contributed by atoms with Crippen LogP contribution in [0.3, 0.4) is 0 Å². The van der Waals surface area contributed by atoms with Gasteiger partial charge in [0.1, 0.15) is 0 Å². The van der Waals surface area contributed by atoms with E-state index in [1.807, 2.05) is 23.1 Å². The molecule has 0 atom stereocenters. The average molecular weight is 274 g/mol. The monoisotopic (exact) mass is 274 g/mol. The van der Waals surface area contributed by atoms with Gasteiger partial charge in [0.15, 0.2) is 0 Å². The van der Waals surface area contributed by atoms with Gasteiger partial charge in [0, 0.05) is 0 Å². The first kappa shape index (κ1) is 9.78. The molecular formula is C10H7ClO2Se. The van der Waals surface area contributed by atoms with Crippen LogP contribution in [0.15, 0.2) is 23.1 Å². The third-order valence-electron chi connectivity index (χ3n) is 1.75. The van der Waals surface area contributed by atoms with Crippen molar-refractivity contribution in [1.82, 2.24) is 0 Å².